The van der Waals surface area contributed by atoms with E-state index in [0.717, 1.165) is 33.6 Å². The van der Waals surface area contributed by atoms with Crippen molar-refractivity contribution in [3.05, 3.63) is 53.0 Å². The van der Waals surface area contributed by atoms with Crippen LogP contribution in [-0.4, -0.2) is 23.8 Å². The number of aromatic nitrogens is 1. The van der Waals surface area contributed by atoms with Gasteiger partial charge in [0.05, 0.1) is 6.04 Å². The Morgan fingerprint density at radius 2 is 2.29 bits per heavy atom. The standard InChI is InChI=1S/C23H23N3O2/c1-3-21(28)25-23-17-9-16(17)22-18(10-24-11-19(22)23)13-5-7-20-14(8-13)4-6-15(12-27)26(20)2/h5,7-8,10-11,16-17,23H,3-4,6,9H2,1-2H3,(H,25,28)/i2D3. The lowest BCUT2D eigenvalue weighted by Crippen LogP contribution is -2.28. The lowest BCUT2D eigenvalue weighted by Gasteiger charge is -2.28. The number of carbonyl (C=O) groups is 1. The second-order valence-electron chi connectivity index (χ2n) is 7.82. The van der Waals surface area contributed by atoms with Crippen LogP contribution in [0.5, 0.6) is 0 Å². The smallest absolute Gasteiger partial charge is 0.220 e. The maximum absolute atomic E-state index is 12.0. The Bertz CT molecular complexity index is 1140. The molecule has 1 fully saturated rings. The topological polar surface area (TPSA) is 62.3 Å². The quantitative estimate of drug-likeness (QED) is 0.833. The minimum absolute atomic E-state index is 0.0175. The maximum atomic E-state index is 12.0. The highest BCUT2D eigenvalue weighted by atomic mass is 16.1. The lowest BCUT2D eigenvalue weighted by molar-refractivity contribution is -0.121. The summed E-state index contributed by atoms with van der Waals surface area (Å²) < 4.78 is 23.5. The Labute approximate surface area is 168 Å². The van der Waals surface area contributed by atoms with Crippen LogP contribution >= 0.6 is 0 Å². The first-order chi connectivity index (χ1) is 14.8. The molecule has 5 nitrogen and oxygen atoms in total. The SMILES string of the molecule is [2H]C([2H])([2H])N1C(=C=O)CCc2cc(-c3cncc4c3C3CC3C4NC(=O)CC)ccc21. The van der Waals surface area contributed by atoms with E-state index in [4.69, 9.17) is 4.11 Å². The van der Waals surface area contributed by atoms with E-state index >= 15 is 0 Å². The number of benzene rings is 1. The van der Waals surface area contributed by atoms with Gasteiger partial charge in [0.25, 0.3) is 0 Å². The maximum Gasteiger partial charge on any atom is 0.220 e. The van der Waals surface area contributed by atoms with E-state index in [9.17, 15) is 9.59 Å². The molecule has 0 radical (unpaired) electrons. The van der Waals surface area contributed by atoms with Gasteiger partial charge >= 0.3 is 0 Å². The zero-order valence-corrected chi connectivity index (χ0v) is 15.7. The summed E-state index contributed by atoms with van der Waals surface area (Å²) in [7, 11) is 0. The molecule has 1 aromatic heterocycles. The minimum atomic E-state index is -2.44. The third kappa shape index (κ3) is 2.50. The summed E-state index contributed by atoms with van der Waals surface area (Å²) in [5.41, 5.74) is 5.96. The molecular formula is C23H23N3O2. The largest absolute Gasteiger partial charge is 0.349 e. The molecule has 28 heavy (non-hydrogen) atoms. The van der Waals surface area contributed by atoms with Crippen LogP contribution in [0.2, 0.25) is 0 Å². The number of aryl methyl sites for hydroxylation is 1. The van der Waals surface area contributed by atoms with Gasteiger partial charge in [0.15, 0.2) is 0 Å². The molecule has 1 aromatic carbocycles. The van der Waals surface area contributed by atoms with Crippen molar-refractivity contribution in [2.75, 3.05) is 11.9 Å². The normalized spacial score (nSPS) is 26.2. The third-order valence-corrected chi connectivity index (χ3v) is 6.28. The molecule has 2 aliphatic carbocycles. The molecule has 2 heterocycles. The van der Waals surface area contributed by atoms with Gasteiger partial charge in [-0.25, -0.2) is 4.79 Å². The number of hydrogen-bond donors (Lipinski definition) is 1. The van der Waals surface area contributed by atoms with Gasteiger partial charge in [-0.2, -0.15) is 0 Å². The number of pyridine rings is 1. The highest BCUT2D eigenvalue weighted by Gasteiger charge is 2.53. The van der Waals surface area contributed by atoms with Crippen molar-refractivity contribution >= 4 is 17.5 Å². The van der Waals surface area contributed by atoms with Gasteiger partial charge in [0, 0.05) is 47.6 Å². The summed E-state index contributed by atoms with van der Waals surface area (Å²) in [5.74, 6) is 2.71. The Morgan fingerprint density at radius 3 is 3.07 bits per heavy atom. The highest BCUT2D eigenvalue weighted by molar-refractivity contribution is 5.79. The van der Waals surface area contributed by atoms with Gasteiger partial charge < -0.3 is 10.2 Å². The Morgan fingerprint density at radius 1 is 1.39 bits per heavy atom. The molecule has 0 spiro atoms. The van der Waals surface area contributed by atoms with Gasteiger partial charge in [-0.3, -0.25) is 9.78 Å². The van der Waals surface area contributed by atoms with Crippen LogP contribution in [-0.2, 0) is 16.0 Å². The van der Waals surface area contributed by atoms with E-state index in [0.29, 0.717) is 36.8 Å². The predicted octanol–water partition coefficient (Wildman–Crippen LogP) is 3.53. The van der Waals surface area contributed by atoms with Gasteiger partial charge in [0.2, 0.25) is 5.91 Å². The van der Waals surface area contributed by atoms with Crippen molar-refractivity contribution in [2.45, 2.75) is 44.6 Å². The molecule has 5 rings (SSSR count). The van der Waals surface area contributed by atoms with E-state index in [2.05, 4.69) is 10.3 Å². The van der Waals surface area contributed by atoms with E-state index in [1.807, 2.05) is 31.5 Å². The molecule has 0 saturated heterocycles. The Kier molecular flexibility index (Phi) is 3.19. The molecule has 142 valence electrons. The summed E-state index contributed by atoms with van der Waals surface area (Å²) in [4.78, 5) is 28.9. The summed E-state index contributed by atoms with van der Waals surface area (Å²) in [6.45, 7) is -0.587. The second kappa shape index (κ2) is 6.32. The van der Waals surface area contributed by atoms with Crippen molar-refractivity contribution in [1.82, 2.24) is 10.3 Å². The minimum Gasteiger partial charge on any atom is -0.349 e. The van der Waals surface area contributed by atoms with Crippen LogP contribution in [0, 0.1) is 5.92 Å². The predicted molar refractivity (Wildman–Crippen MR) is 108 cm³/mol. The zero-order valence-electron chi connectivity index (χ0n) is 18.7. The number of amides is 1. The number of hydrogen-bond acceptors (Lipinski definition) is 4. The molecule has 1 saturated carbocycles. The third-order valence-electron chi connectivity index (χ3n) is 6.28. The number of carbonyl (C=O) groups excluding carboxylic acids is 2. The number of nitrogens with one attached hydrogen (secondary N) is 1. The fourth-order valence-electron chi connectivity index (χ4n) is 4.76. The van der Waals surface area contributed by atoms with Crippen molar-refractivity contribution in [3.63, 3.8) is 0 Å². The van der Waals surface area contributed by atoms with Crippen LogP contribution < -0.4 is 10.2 Å². The molecule has 1 N–H and O–H groups in total. The molecule has 0 bridgehead atoms. The molecule has 5 heteroatoms. The molecule has 3 unspecified atom stereocenters. The molecular weight excluding hydrogens is 350 g/mol. The number of fused-ring (bicyclic) bond motifs is 4. The summed E-state index contributed by atoms with van der Waals surface area (Å²) >= 11 is 0. The first-order valence-corrected chi connectivity index (χ1v) is 9.78. The summed E-state index contributed by atoms with van der Waals surface area (Å²) in [6, 6.07) is 5.71. The van der Waals surface area contributed by atoms with Crippen LogP contribution in [0.25, 0.3) is 11.1 Å². The molecule has 1 amide bonds. The fraction of sp³-hybridized carbons (Fsp3) is 0.391. The average Bonchev–Trinajstić information content (AvgIpc) is 3.49. The van der Waals surface area contributed by atoms with Crippen LogP contribution in [0.3, 0.4) is 0 Å². The first kappa shape index (κ1) is 14.1. The van der Waals surface area contributed by atoms with E-state index in [1.54, 1.807) is 12.0 Å². The summed E-state index contributed by atoms with van der Waals surface area (Å²) in [5, 5.41) is 3.15. The van der Waals surface area contributed by atoms with Gasteiger partial charge in [-0.1, -0.05) is 13.0 Å². The van der Waals surface area contributed by atoms with Gasteiger partial charge in [-0.05, 0) is 59.1 Å². The monoisotopic (exact) mass is 376 g/mol. The number of anilines is 1. The van der Waals surface area contributed by atoms with E-state index in [1.165, 1.54) is 5.56 Å². The molecule has 3 atom stereocenters. The van der Waals surface area contributed by atoms with Crippen LogP contribution in [0.4, 0.5) is 5.69 Å². The van der Waals surface area contributed by atoms with Crippen molar-refractivity contribution in [3.8, 4) is 11.1 Å². The summed E-state index contributed by atoms with van der Waals surface area (Å²) in [6.07, 6.45) is 6.17. The number of nitrogens with zero attached hydrogens (tertiary/aromatic N) is 2. The molecule has 2 aromatic rings. The molecule has 3 aliphatic rings. The van der Waals surface area contributed by atoms with Crippen LogP contribution in [0.15, 0.2) is 36.3 Å². The highest BCUT2D eigenvalue weighted by Crippen LogP contribution is 2.63. The van der Waals surface area contributed by atoms with Crippen molar-refractivity contribution in [1.29, 1.82) is 0 Å². The van der Waals surface area contributed by atoms with E-state index < -0.39 is 6.98 Å². The number of rotatable bonds is 3. The first-order valence-electron chi connectivity index (χ1n) is 11.3. The van der Waals surface area contributed by atoms with Gasteiger partial charge in [0.1, 0.15) is 11.6 Å². The van der Waals surface area contributed by atoms with Gasteiger partial charge in [-0.15, -0.1) is 0 Å². The van der Waals surface area contributed by atoms with Crippen LogP contribution in [0.1, 0.15) is 58.9 Å². The Hall–Kier alpha value is -2.91. The molecule has 1 aliphatic heterocycles. The van der Waals surface area contributed by atoms with Crippen molar-refractivity contribution in [2.24, 2.45) is 5.92 Å². The Balaban J connectivity index is 1.56. The van der Waals surface area contributed by atoms with E-state index in [-0.39, 0.29) is 17.6 Å². The zero-order chi connectivity index (χ0) is 21.9. The lowest BCUT2D eigenvalue weighted by atomic mass is 9.92. The van der Waals surface area contributed by atoms with Crippen molar-refractivity contribution < 1.29 is 13.7 Å². The number of allylic oxidation sites excluding steroid dienone is 1. The second-order valence-corrected chi connectivity index (χ2v) is 7.82. The fourth-order valence-corrected chi connectivity index (χ4v) is 4.76. The average molecular weight is 376 g/mol.